The molecule has 0 spiro atoms. The first kappa shape index (κ1) is 15.7. The van der Waals surface area contributed by atoms with Gasteiger partial charge in [-0.15, -0.1) is 0 Å². The minimum atomic E-state index is -5.88. The fourth-order valence-electron chi connectivity index (χ4n) is 0. The van der Waals surface area contributed by atoms with Crippen LogP contribution in [0.4, 0.5) is 0 Å². The Morgan fingerprint density at radius 3 is 1.14 bits per heavy atom. The van der Waals surface area contributed by atoms with Gasteiger partial charge in [0.25, 0.3) is 0 Å². The number of hydrogen-bond acceptors (Lipinski definition) is 4. The largest absolute Gasteiger partial charge is 2.00 e. The zero-order valence-corrected chi connectivity index (χ0v) is 6.88. The van der Waals surface area contributed by atoms with E-state index in [0.717, 1.165) is 0 Å². The second-order valence-electron chi connectivity index (χ2n) is 0.447. The maximum Gasteiger partial charge on any atom is 2.00 e. The minimum absolute atomic E-state index is 0. The quantitative estimate of drug-likeness (QED) is 0.412. The van der Waals surface area contributed by atoms with Gasteiger partial charge >= 0.3 is 65.0 Å². The van der Waals surface area contributed by atoms with Crippen LogP contribution in [0.15, 0.2) is 0 Å². The Morgan fingerprint density at radius 2 is 1.14 bits per heavy atom. The SMILES string of the molecule is O=[As]([O-])([O-])[O-].[Cr+2].[Cu+]. The molecule has 0 aromatic carbocycles. The summed E-state index contributed by atoms with van der Waals surface area (Å²) in [4.78, 5) is 0. The summed E-state index contributed by atoms with van der Waals surface area (Å²) in [6, 6.07) is 0. The average Bonchev–Trinajstić information content (AvgIpc) is 0.722. The third-order valence-corrected chi connectivity index (χ3v) is 0. The summed E-state index contributed by atoms with van der Waals surface area (Å²) in [5.41, 5.74) is 0. The van der Waals surface area contributed by atoms with E-state index in [9.17, 15) is 0 Å². The molecule has 0 aliphatic carbocycles. The molecular formula is AsCrCuO4. The van der Waals surface area contributed by atoms with Crippen molar-refractivity contribution >= 4 is 14.5 Å². The predicted molar refractivity (Wildman–Crippen MR) is 6.44 cm³/mol. The van der Waals surface area contributed by atoms with E-state index in [0.29, 0.717) is 0 Å². The van der Waals surface area contributed by atoms with Gasteiger partial charge in [-0.1, -0.05) is 0 Å². The smallest absolute Gasteiger partial charge is 1.00 e. The van der Waals surface area contributed by atoms with Crippen molar-refractivity contribution in [3.05, 3.63) is 0 Å². The summed E-state index contributed by atoms with van der Waals surface area (Å²) >= 11 is -5.88. The van der Waals surface area contributed by atoms with Crippen LogP contribution >= 0.6 is 0 Å². The van der Waals surface area contributed by atoms with Gasteiger partial charge in [0.05, 0.1) is 0 Å². The summed E-state index contributed by atoms with van der Waals surface area (Å²) in [7, 11) is 0. The van der Waals surface area contributed by atoms with Gasteiger partial charge in [0.15, 0.2) is 0 Å². The maximum absolute atomic E-state index is 8.61. The molecule has 0 bridgehead atoms. The zero-order chi connectivity index (χ0) is 4.50. The Bertz CT molecular complexity index is 57.8. The summed E-state index contributed by atoms with van der Waals surface area (Å²) in [6.07, 6.45) is 0. The molecule has 0 atom stereocenters. The van der Waals surface area contributed by atoms with Crippen LogP contribution in [0.25, 0.3) is 0 Å². The van der Waals surface area contributed by atoms with Crippen molar-refractivity contribution in [2.24, 2.45) is 0 Å². The van der Waals surface area contributed by atoms with Crippen LogP contribution < -0.4 is 12.3 Å². The van der Waals surface area contributed by atoms with Crippen molar-refractivity contribution in [3.63, 3.8) is 0 Å². The molecular weight excluding hydrogens is 254 g/mol. The predicted octanol–water partition coefficient (Wildman–Crippen LogP) is -4.07. The van der Waals surface area contributed by atoms with E-state index >= 15 is 0 Å². The summed E-state index contributed by atoms with van der Waals surface area (Å²) in [5.74, 6) is 0. The van der Waals surface area contributed by atoms with Crippen LogP contribution in [0.5, 0.6) is 0 Å². The molecule has 0 aliphatic rings. The molecule has 0 aromatic rings. The Labute approximate surface area is 64.9 Å². The molecule has 0 saturated heterocycles. The Hall–Kier alpha value is 1.29. The van der Waals surface area contributed by atoms with Gasteiger partial charge in [-0.2, -0.15) is 0 Å². The maximum atomic E-state index is 8.61. The fourth-order valence-corrected chi connectivity index (χ4v) is 0. The minimum Gasteiger partial charge on any atom is 1.00 e. The zero-order valence-electron chi connectivity index (χ0n) is 2.79. The van der Waals surface area contributed by atoms with E-state index in [1.54, 1.807) is 0 Å². The third kappa shape index (κ3) is 123. The molecule has 0 radical (unpaired) electrons. The van der Waals surface area contributed by atoms with E-state index in [1.807, 2.05) is 0 Å². The van der Waals surface area contributed by atoms with E-state index in [1.165, 1.54) is 0 Å². The molecule has 0 aromatic heterocycles. The van der Waals surface area contributed by atoms with E-state index in [4.69, 9.17) is 16.0 Å². The van der Waals surface area contributed by atoms with Gasteiger partial charge in [0.2, 0.25) is 0 Å². The Kier molecular flexibility index (Phi) is 12.2. The first-order chi connectivity index (χ1) is 2.00. The molecule has 46 valence electrons. The van der Waals surface area contributed by atoms with Gasteiger partial charge < -0.3 is 0 Å². The summed E-state index contributed by atoms with van der Waals surface area (Å²) in [5, 5.41) is 0. The number of hydrogen-bond donors (Lipinski definition) is 0. The van der Waals surface area contributed by atoms with Crippen LogP contribution in [-0.4, -0.2) is 14.5 Å². The molecule has 0 aliphatic heterocycles. The van der Waals surface area contributed by atoms with Crippen molar-refractivity contribution in [1.29, 1.82) is 0 Å². The molecule has 0 fully saturated rings. The van der Waals surface area contributed by atoms with Crippen molar-refractivity contribution in [1.82, 2.24) is 0 Å². The normalized spacial score (nSPS) is 8.43. The van der Waals surface area contributed by atoms with Crippen LogP contribution in [0.1, 0.15) is 0 Å². The molecule has 0 heterocycles. The van der Waals surface area contributed by atoms with Gasteiger partial charge in [-0.05, 0) is 0 Å². The summed E-state index contributed by atoms with van der Waals surface area (Å²) < 4.78 is 34.4. The van der Waals surface area contributed by atoms with E-state index in [-0.39, 0.29) is 34.4 Å². The van der Waals surface area contributed by atoms with Crippen molar-refractivity contribution in [2.45, 2.75) is 0 Å². The molecule has 0 saturated carbocycles. The topological polar surface area (TPSA) is 86.2 Å². The molecule has 4 nitrogen and oxygen atoms in total. The van der Waals surface area contributed by atoms with Gasteiger partial charge in [-0.25, -0.2) is 0 Å². The van der Waals surface area contributed by atoms with Gasteiger partial charge in [-0.3, -0.25) is 0 Å². The molecule has 0 N–H and O–H groups in total. The van der Waals surface area contributed by atoms with Crippen LogP contribution in [-0.2, 0) is 38.2 Å². The molecule has 0 amide bonds. The van der Waals surface area contributed by atoms with Crippen LogP contribution in [0.3, 0.4) is 0 Å². The van der Waals surface area contributed by atoms with Gasteiger partial charge in [0.1, 0.15) is 0 Å². The van der Waals surface area contributed by atoms with Crippen LogP contribution in [0.2, 0.25) is 0 Å². The molecule has 0 rings (SSSR count). The summed E-state index contributed by atoms with van der Waals surface area (Å²) in [6.45, 7) is 0. The van der Waals surface area contributed by atoms with Crippen LogP contribution in [0, 0.1) is 0 Å². The van der Waals surface area contributed by atoms with E-state index < -0.39 is 14.5 Å². The molecule has 7 heavy (non-hydrogen) atoms. The van der Waals surface area contributed by atoms with Crippen molar-refractivity contribution in [2.75, 3.05) is 0 Å². The standard InChI is InChI=1S/AsH3O4.Cr.Cu/c2-1(3,4)5;;/h(H3,2,3,4,5);;/q;+2;+1/p-3. The monoisotopic (exact) mass is 254 g/mol. The molecule has 7 heteroatoms. The molecule has 0 unspecified atom stereocenters. The Morgan fingerprint density at radius 1 is 1.14 bits per heavy atom. The first-order valence-electron chi connectivity index (χ1n) is 0.730. The Balaban J connectivity index is -0.0000000800. The van der Waals surface area contributed by atoms with Crippen molar-refractivity contribution in [3.8, 4) is 0 Å². The number of rotatable bonds is 0. The van der Waals surface area contributed by atoms with Crippen molar-refractivity contribution < 1.29 is 50.5 Å². The first-order valence-corrected chi connectivity index (χ1v) is 3.79. The average molecular weight is 254 g/mol. The second-order valence-corrected chi connectivity index (χ2v) is 2.32. The third-order valence-electron chi connectivity index (χ3n) is 0. The fraction of sp³-hybridized carbons (Fsp3) is 0. The van der Waals surface area contributed by atoms with Gasteiger partial charge in [0, 0.05) is 0 Å². The van der Waals surface area contributed by atoms with E-state index in [2.05, 4.69) is 0 Å². The second kappa shape index (κ2) is 5.43.